The molecule has 4 rings (SSSR count). The lowest BCUT2D eigenvalue weighted by Crippen LogP contribution is -1.81. The molecular formula is C16H11NO2. The lowest BCUT2D eigenvalue weighted by atomic mass is 10.0. The molecule has 92 valence electrons. The van der Waals surface area contributed by atoms with Crippen LogP contribution in [-0.4, -0.2) is 15.2 Å². The van der Waals surface area contributed by atoms with Crippen molar-refractivity contribution in [2.45, 2.75) is 0 Å². The van der Waals surface area contributed by atoms with Crippen molar-refractivity contribution in [3.8, 4) is 11.5 Å². The monoisotopic (exact) mass is 249 g/mol. The van der Waals surface area contributed by atoms with Crippen molar-refractivity contribution < 1.29 is 10.2 Å². The number of phenolic OH excluding ortho intramolecular Hbond substituents is 2. The Bertz CT molecular complexity index is 863. The maximum atomic E-state index is 10.4. The minimum absolute atomic E-state index is 0.179. The Hall–Kier alpha value is -2.68. The molecule has 1 aromatic heterocycles. The Kier molecular flexibility index (Phi) is 1.85. The van der Waals surface area contributed by atoms with E-state index in [9.17, 15) is 10.2 Å². The highest BCUT2D eigenvalue weighted by Crippen LogP contribution is 2.42. The summed E-state index contributed by atoms with van der Waals surface area (Å²) in [7, 11) is 0. The van der Waals surface area contributed by atoms with Gasteiger partial charge in [-0.1, -0.05) is 24.3 Å². The molecule has 4 aromatic rings. The van der Waals surface area contributed by atoms with E-state index >= 15 is 0 Å². The highest BCUT2D eigenvalue weighted by molar-refractivity contribution is 6.13. The summed E-state index contributed by atoms with van der Waals surface area (Å²) in [5, 5.41) is 24.7. The summed E-state index contributed by atoms with van der Waals surface area (Å²) in [6.45, 7) is 0. The van der Waals surface area contributed by atoms with Crippen LogP contribution in [0.3, 0.4) is 0 Å². The fourth-order valence-corrected chi connectivity index (χ4v) is 2.67. The van der Waals surface area contributed by atoms with Crippen molar-refractivity contribution in [1.82, 2.24) is 4.98 Å². The van der Waals surface area contributed by atoms with Crippen molar-refractivity contribution in [3.05, 3.63) is 48.7 Å². The maximum Gasteiger partial charge on any atom is 0.147 e. The molecule has 3 heteroatoms. The average molecular weight is 249 g/mol. The second-order valence-corrected chi connectivity index (χ2v) is 4.71. The highest BCUT2D eigenvalue weighted by atomic mass is 16.3. The van der Waals surface area contributed by atoms with Crippen molar-refractivity contribution >= 4 is 32.4 Å². The van der Waals surface area contributed by atoms with Crippen LogP contribution < -0.4 is 0 Å². The second-order valence-electron chi connectivity index (χ2n) is 4.71. The molecular weight excluding hydrogens is 238 g/mol. The number of fused-ring (bicyclic) bond motifs is 3. The van der Waals surface area contributed by atoms with Crippen LogP contribution in [0.4, 0.5) is 0 Å². The van der Waals surface area contributed by atoms with Gasteiger partial charge >= 0.3 is 0 Å². The van der Waals surface area contributed by atoms with E-state index in [4.69, 9.17) is 0 Å². The smallest absolute Gasteiger partial charge is 0.147 e. The first-order chi connectivity index (χ1) is 9.25. The van der Waals surface area contributed by atoms with E-state index in [0.717, 1.165) is 10.8 Å². The largest absolute Gasteiger partial charge is 0.507 e. The number of H-pyrrole nitrogens is 1. The highest BCUT2D eigenvalue weighted by Gasteiger charge is 2.14. The average Bonchev–Trinajstić information content (AvgIpc) is 2.93. The number of hydrogen-bond donors (Lipinski definition) is 3. The van der Waals surface area contributed by atoms with E-state index in [0.29, 0.717) is 21.7 Å². The summed E-state index contributed by atoms with van der Waals surface area (Å²) in [6.07, 6.45) is 1.71. The van der Waals surface area contributed by atoms with E-state index < -0.39 is 0 Å². The minimum atomic E-state index is 0.179. The molecule has 0 saturated carbocycles. The zero-order valence-electron chi connectivity index (χ0n) is 10.0. The number of aromatic nitrogens is 1. The van der Waals surface area contributed by atoms with E-state index in [-0.39, 0.29) is 11.5 Å². The van der Waals surface area contributed by atoms with Crippen LogP contribution in [0.25, 0.3) is 32.4 Å². The standard InChI is InChI=1S/C16H11NO2/c18-15-11-5-6-17-14(11)16(19)13-8-10-4-2-1-3-9(10)7-12(13)15/h1-8,17-19H. The molecule has 3 nitrogen and oxygen atoms in total. The van der Waals surface area contributed by atoms with Gasteiger partial charge in [0.05, 0.1) is 5.52 Å². The first kappa shape index (κ1) is 10.3. The summed E-state index contributed by atoms with van der Waals surface area (Å²) >= 11 is 0. The number of rotatable bonds is 0. The third kappa shape index (κ3) is 1.27. The maximum absolute atomic E-state index is 10.4. The van der Waals surface area contributed by atoms with Gasteiger partial charge in [-0.2, -0.15) is 0 Å². The normalized spacial score (nSPS) is 11.6. The molecule has 0 aliphatic heterocycles. The fraction of sp³-hybridized carbons (Fsp3) is 0. The minimum Gasteiger partial charge on any atom is -0.507 e. The van der Waals surface area contributed by atoms with Gasteiger partial charge in [0, 0.05) is 22.4 Å². The van der Waals surface area contributed by atoms with Crippen LogP contribution in [0.5, 0.6) is 11.5 Å². The van der Waals surface area contributed by atoms with E-state index in [1.165, 1.54) is 0 Å². The van der Waals surface area contributed by atoms with Gasteiger partial charge in [-0.05, 0) is 29.0 Å². The Morgan fingerprint density at radius 2 is 1.37 bits per heavy atom. The second kappa shape index (κ2) is 3.42. The molecule has 0 unspecified atom stereocenters. The molecule has 0 amide bonds. The van der Waals surface area contributed by atoms with Gasteiger partial charge in [0.2, 0.25) is 0 Å². The van der Waals surface area contributed by atoms with Gasteiger partial charge in [0.15, 0.2) is 0 Å². The molecule has 0 radical (unpaired) electrons. The van der Waals surface area contributed by atoms with E-state index in [1.54, 1.807) is 12.3 Å². The number of benzene rings is 3. The van der Waals surface area contributed by atoms with Crippen LogP contribution in [-0.2, 0) is 0 Å². The first-order valence-corrected chi connectivity index (χ1v) is 6.09. The summed E-state index contributed by atoms with van der Waals surface area (Å²) in [5.41, 5.74) is 0.570. The van der Waals surface area contributed by atoms with Crippen molar-refractivity contribution in [3.63, 3.8) is 0 Å². The molecule has 0 fully saturated rings. The lowest BCUT2D eigenvalue weighted by molar-refractivity contribution is 0.478. The Morgan fingerprint density at radius 3 is 2.05 bits per heavy atom. The Labute approximate surface area is 108 Å². The predicted octanol–water partition coefficient (Wildman–Crippen LogP) is 3.89. The fourth-order valence-electron chi connectivity index (χ4n) is 2.67. The van der Waals surface area contributed by atoms with Crippen molar-refractivity contribution in [1.29, 1.82) is 0 Å². The summed E-state index contributed by atoms with van der Waals surface area (Å²) < 4.78 is 0. The topological polar surface area (TPSA) is 56.2 Å². The zero-order chi connectivity index (χ0) is 13.0. The van der Waals surface area contributed by atoms with Crippen molar-refractivity contribution in [2.24, 2.45) is 0 Å². The third-order valence-corrected chi connectivity index (χ3v) is 3.64. The zero-order valence-corrected chi connectivity index (χ0v) is 10.0. The van der Waals surface area contributed by atoms with Crippen LogP contribution in [0.15, 0.2) is 48.7 Å². The van der Waals surface area contributed by atoms with E-state index in [2.05, 4.69) is 4.98 Å². The SMILES string of the molecule is Oc1c2cc3ccccc3cc2c(O)c2[nH]ccc12. The molecule has 1 heterocycles. The number of hydrogen-bond acceptors (Lipinski definition) is 2. The Morgan fingerprint density at radius 1 is 0.737 bits per heavy atom. The van der Waals surface area contributed by atoms with Gasteiger partial charge in [0.1, 0.15) is 11.5 Å². The van der Waals surface area contributed by atoms with Gasteiger partial charge in [-0.25, -0.2) is 0 Å². The summed E-state index contributed by atoms with van der Waals surface area (Å²) in [6, 6.07) is 13.5. The van der Waals surface area contributed by atoms with Crippen LogP contribution in [0.2, 0.25) is 0 Å². The molecule has 3 N–H and O–H groups in total. The molecule has 0 bridgehead atoms. The van der Waals surface area contributed by atoms with E-state index in [1.807, 2.05) is 36.4 Å². The Balaban J connectivity index is 2.32. The number of nitrogens with one attached hydrogen (secondary N) is 1. The molecule has 0 spiro atoms. The van der Waals surface area contributed by atoms with Crippen molar-refractivity contribution in [2.75, 3.05) is 0 Å². The van der Waals surface area contributed by atoms with Crippen LogP contribution >= 0.6 is 0 Å². The summed E-state index contributed by atoms with van der Waals surface area (Å²) in [4.78, 5) is 2.96. The third-order valence-electron chi connectivity index (χ3n) is 3.64. The first-order valence-electron chi connectivity index (χ1n) is 6.09. The van der Waals surface area contributed by atoms with Gasteiger partial charge in [-0.15, -0.1) is 0 Å². The number of aromatic hydroxyl groups is 2. The molecule has 0 atom stereocenters. The molecule has 0 aliphatic carbocycles. The molecule has 19 heavy (non-hydrogen) atoms. The van der Waals surface area contributed by atoms with Gasteiger partial charge in [0.25, 0.3) is 0 Å². The molecule has 0 saturated heterocycles. The lowest BCUT2D eigenvalue weighted by Gasteiger charge is -2.08. The van der Waals surface area contributed by atoms with Crippen LogP contribution in [0.1, 0.15) is 0 Å². The van der Waals surface area contributed by atoms with Gasteiger partial charge in [-0.3, -0.25) is 0 Å². The molecule has 3 aromatic carbocycles. The predicted molar refractivity (Wildman–Crippen MR) is 76.6 cm³/mol. The van der Waals surface area contributed by atoms with Crippen LogP contribution in [0, 0.1) is 0 Å². The quantitative estimate of drug-likeness (QED) is 0.327. The number of aromatic amines is 1. The molecule has 0 aliphatic rings. The number of phenols is 2. The summed E-state index contributed by atoms with van der Waals surface area (Å²) in [5.74, 6) is 0.383. The van der Waals surface area contributed by atoms with Gasteiger partial charge < -0.3 is 15.2 Å².